The summed E-state index contributed by atoms with van der Waals surface area (Å²) in [6.07, 6.45) is 0. The van der Waals surface area contributed by atoms with Crippen LogP contribution in [0, 0.1) is 0 Å². The van der Waals surface area contributed by atoms with Crippen molar-refractivity contribution < 1.29 is 9.59 Å². The van der Waals surface area contributed by atoms with Gasteiger partial charge in [-0.3, -0.25) is 24.6 Å². The molecule has 176 valence electrons. The molecule has 1 saturated heterocycles. The van der Waals surface area contributed by atoms with Crippen molar-refractivity contribution >= 4 is 39.2 Å². The van der Waals surface area contributed by atoms with Gasteiger partial charge in [0.1, 0.15) is 0 Å². The summed E-state index contributed by atoms with van der Waals surface area (Å²) in [6, 6.07) is 24.0. The SMILES string of the molecule is O=C(Nc1nc2ccc(C(=O)N3CCN(Cc4ccccc4)CC3)cc2c(=O)s1)c1ccccc1. The Morgan fingerprint density at radius 2 is 1.54 bits per heavy atom. The molecule has 1 aliphatic rings. The van der Waals surface area contributed by atoms with E-state index in [0.29, 0.717) is 35.1 Å². The first-order valence-corrected chi connectivity index (χ1v) is 12.3. The molecule has 0 unspecified atom stereocenters. The number of piperazine rings is 1. The molecule has 4 aromatic rings. The quantitative estimate of drug-likeness (QED) is 0.465. The number of hydrogen-bond acceptors (Lipinski definition) is 6. The van der Waals surface area contributed by atoms with E-state index >= 15 is 0 Å². The van der Waals surface area contributed by atoms with Crippen LogP contribution in [0.15, 0.2) is 83.7 Å². The van der Waals surface area contributed by atoms with Gasteiger partial charge in [0.25, 0.3) is 11.8 Å². The topological polar surface area (TPSA) is 82.6 Å². The molecule has 7 nitrogen and oxygen atoms in total. The Kier molecular flexibility index (Phi) is 6.65. The molecule has 1 aliphatic heterocycles. The van der Waals surface area contributed by atoms with Crippen LogP contribution in [0.5, 0.6) is 0 Å². The van der Waals surface area contributed by atoms with Gasteiger partial charge >= 0.3 is 0 Å². The Morgan fingerprint density at radius 3 is 2.26 bits per heavy atom. The summed E-state index contributed by atoms with van der Waals surface area (Å²) in [5.41, 5.74) is 2.67. The second kappa shape index (κ2) is 10.2. The minimum absolute atomic E-state index is 0.0860. The van der Waals surface area contributed by atoms with E-state index in [1.807, 2.05) is 29.2 Å². The molecule has 5 rings (SSSR count). The van der Waals surface area contributed by atoms with Crippen molar-refractivity contribution in [3.05, 3.63) is 105 Å². The van der Waals surface area contributed by atoms with Crippen molar-refractivity contribution in [2.75, 3.05) is 31.5 Å². The summed E-state index contributed by atoms with van der Waals surface area (Å²) in [5.74, 6) is -0.413. The monoisotopic (exact) mass is 484 g/mol. The molecule has 2 heterocycles. The van der Waals surface area contributed by atoms with Crippen molar-refractivity contribution in [3.8, 4) is 0 Å². The lowest BCUT2D eigenvalue weighted by Gasteiger charge is -2.34. The summed E-state index contributed by atoms with van der Waals surface area (Å²) in [7, 11) is 0. The Morgan fingerprint density at radius 1 is 0.857 bits per heavy atom. The molecular weight excluding hydrogens is 460 g/mol. The third-order valence-electron chi connectivity index (χ3n) is 6.04. The maximum atomic E-state index is 13.1. The molecule has 3 aromatic carbocycles. The lowest BCUT2D eigenvalue weighted by atomic mass is 10.1. The van der Waals surface area contributed by atoms with Crippen LogP contribution in [0.4, 0.5) is 5.13 Å². The molecule has 2 amide bonds. The number of hydrogen-bond donors (Lipinski definition) is 1. The Labute approximate surface area is 206 Å². The number of amides is 2. The van der Waals surface area contributed by atoms with Crippen LogP contribution in [-0.2, 0) is 6.54 Å². The van der Waals surface area contributed by atoms with Crippen molar-refractivity contribution in [3.63, 3.8) is 0 Å². The van der Waals surface area contributed by atoms with E-state index in [1.54, 1.807) is 42.5 Å². The van der Waals surface area contributed by atoms with Gasteiger partial charge in [-0.15, -0.1) is 0 Å². The highest BCUT2D eigenvalue weighted by atomic mass is 32.1. The number of nitrogens with one attached hydrogen (secondary N) is 1. The molecule has 1 aromatic heterocycles. The zero-order valence-corrected chi connectivity index (χ0v) is 19.8. The highest BCUT2D eigenvalue weighted by molar-refractivity contribution is 7.13. The molecule has 0 aliphatic carbocycles. The van der Waals surface area contributed by atoms with Gasteiger partial charge in [0.05, 0.1) is 10.9 Å². The van der Waals surface area contributed by atoms with E-state index in [0.717, 1.165) is 31.0 Å². The predicted molar refractivity (Wildman–Crippen MR) is 138 cm³/mol. The van der Waals surface area contributed by atoms with E-state index in [9.17, 15) is 14.4 Å². The number of rotatable bonds is 5. The van der Waals surface area contributed by atoms with Gasteiger partial charge in [-0.25, -0.2) is 4.98 Å². The first kappa shape index (κ1) is 22.9. The Hall–Kier alpha value is -3.88. The molecule has 0 radical (unpaired) electrons. The van der Waals surface area contributed by atoms with Crippen LogP contribution >= 0.6 is 11.3 Å². The lowest BCUT2D eigenvalue weighted by Crippen LogP contribution is -2.48. The summed E-state index contributed by atoms with van der Waals surface area (Å²) < 4.78 is -0.249. The minimum Gasteiger partial charge on any atom is -0.336 e. The van der Waals surface area contributed by atoms with E-state index < -0.39 is 0 Å². The minimum atomic E-state index is -0.327. The van der Waals surface area contributed by atoms with Gasteiger partial charge in [-0.1, -0.05) is 59.9 Å². The zero-order valence-electron chi connectivity index (χ0n) is 19.0. The van der Waals surface area contributed by atoms with Crippen LogP contribution < -0.4 is 10.1 Å². The van der Waals surface area contributed by atoms with E-state index in [4.69, 9.17) is 0 Å². The largest absolute Gasteiger partial charge is 0.336 e. The van der Waals surface area contributed by atoms with Crippen LogP contribution in [0.1, 0.15) is 26.3 Å². The molecule has 1 fully saturated rings. The normalized spacial score (nSPS) is 14.1. The number of benzene rings is 3. The maximum Gasteiger partial charge on any atom is 0.257 e. The second-order valence-electron chi connectivity index (χ2n) is 8.41. The number of anilines is 1. The van der Waals surface area contributed by atoms with Crippen LogP contribution in [0.25, 0.3) is 10.9 Å². The predicted octanol–water partition coefficient (Wildman–Crippen LogP) is 3.87. The number of fused-ring (bicyclic) bond motifs is 1. The van der Waals surface area contributed by atoms with Gasteiger partial charge in [0.2, 0.25) is 4.74 Å². The fourth-order valence-electron chi connectivity index (χ4n) is 4.15. The van der Waals surface area contributed by atoms with Gasteiger partial charge in [0.15, 0.2) is 5.13 Å². The molecule has 8 heteroatoms. The first-order valence-electron chi connectivity index (χ1n) is 11.4. The smallest absolute Gasteiger partial charge is 0.257 e. The van der Waals surface area contributed by atoms with Crippen LogP contribution in [0.3, 0.4) is 0 Å². The van der Waals surface area contributed by atoms with Crippen molar-refractivity contribution in [1.82, 2.24) is 14.8 Å². The molecule has 35 heavy (non-hydrogen) atoms. The van der Waals surface area contributed by atoms with Gasteiger partial charge in [0, 0.05) is 43.9 Å². The number of aromatic nitrogens is 1. The van der Waals surface area contributed by atoms with E-state index in [-0.39, 0.29) is 21.7 Å². The number of carbonyl (C=O) groups excluding carboxylic acids is 2. The fraction of sp³-hybridized carbons (Fsp3) is 0.185. The third kappa shape index (κ3) is 5.29. The van der Waals surface area contributed by atoms with Gasteiger partial charge in [-0.2, -0.15) is 0 Å². The molecule has 0 atom stereocenters. The van der Waals surface area contributed by atoms with Gasteiger partial charge < -0.3 is 4.90 Å². The highest BCUT2D eigenvalue weighted by Crippen LogP contribution is 2.19. The summed E-state index contributed by atoms with van der Waals surface area (Å²) >= 11 is 0.857. The third-order valence-corrected chi connectivity index (χ3v) is 6.83. The molecule has 0 spiro atoms. The summed E-state index contributed by atoms with van der Waals surface area (Å²) in [5, 5.41) is 3.29. The zero-order chi connectivity index (χ0) is 24.2. The standard InChI is InChI=1S/C27H24N4O3S/c32-24(20-9-5-2-6-10-20)29-27-28-23-12-11-21(17-22(23)26(34)35-27)25(33)31-15-13-30(14-16-31)18-19-7-3-1-4-8-19/h1-12,17H,13-16,18H2,(H,28,29,32). The van der Waals surface area contributed by atoms with Crippen LogP contribution in [-0.4, -0.2) is 52.8 Å². The molecule has 0 saturated carbocycles. The van der Waals surface area contributed by atoms with Gasteiger partial charge in [-0.05, 0) is 35.9 Å². The lowest BCUT2D eigenvalue weighted by molar-refractivity contribution is 0.0628. The maximum absolute atomic E-state index is 13.1. The molecule has 1 N–H and O–H groups in total. The molecular formula is C27H24N4O3S. The van der Waals surface area contributed by atoms with E-state index in [1.165, 1.54) is 5.56 Å². The summed E-state index contributed by atoms with van der Waals surface area (Å²) in [6.45, 7) is 3.75. The summed E-state index contributed by atoms with van der Waals surface area (Å²) in [4.78, 5) is 46.9. The Balaban J connectivity index is 1.26. The number of nitrogens with zero attached hydrogens (tertiary/aromatic N) is 3. The number of carbonyl (C=O) groups is 2. The van der Waals surface area contributed by atoms with Crippen molar-refractivity contribution in [2.45, 2.75) is 6.54 Å². The van der Waals surface area contributed by atoms with Crippen molar-refractivity contribution in [2.24, 2.45) is 0 Å². The van der Waals surface area contributed by atoms with E-state index in [2.05, 4.69) is 27.3 Å². The second-order valence-corrected chi connectivity index (χ2v) is 9.37. The fourth-order valence-corrected chi connectivity index (χ4v) is 4.89. The first-order chi connectivity index (χ1) is 17.1. The van der Waals surface area contributed by atoms with Crippen LogP contribution in [0.2, 0.25) is 0 Å². The molecule has 0 bridgehead atoms. The average Bonchev–Trinajstić information content (AvgIpc) is 2.90. The average molecular weight is 485 g/mol. The highest BCUT2D eigenvalue weighted by Gasteiger charge is 2.23. The van der Waals surface area contributed by atoms with Crippen molar-refractivity contribution in [1.29, 1.82) is 0 Å². The Bertz CT molecular complexity index is 1420.